The van der Waals surface area contributed by atoms with Gasteiger partial charge in [-0.15, -0.1) is 0 Å². The van der Waals surface area contributed by atoms with Gasteiger partial charge in [0, 0.05) is 12.5 Å². The molecule has 1 aromatic rings. The highest BCUT2D eigenvalue weighted by Gasteiger charge is 2.17. The van der Waals surface area contributed by atoms with Crippen molar-refractivity contribution in [2.75, 3.05) is 0 Å². The fourth-order valence-electron chi connectivity index (χ4n) is 1.90. The molecule has 3 N–H and O–H groups in total. The van der Waals surface area contributed by atoms with E-state index in [1.54, 1.807) is 0 Å². The van der Waals surface area contributed by atoms with Gasteiger partial charge in [0.05, 0.1) is 6.04 Å². The minimum Gasteiger partial charge on any atom is -0.349 e. The molecule has 2 atom stereocenters. The molecule has 100 valence electrons. The molecule has 2 unspecified atom stereocenters. The van der Waals surface area contributed by atoms with E-state index in [-0.39, 0.29) is 18.0 Å². The maximum Gasteiger partial charge on any atom is 0.220 e. The van der Waals surface area contributed by atoms with E-state index in [1.165, 1.54) is 0 Å². The zero-order valence-corrected chi connectivity index (χ0v) is 11.5. The predicted molar refractivity (Wildman–Crippen MR) is 75.0 cm³/mol. The van der Waals surface area contributed by atoms with E-state index >= 15 is 0 Å². The van der Waals surface area contributed by atoms with E-state index in [9.17, 15) is 4.79 Å². The summed E-state index contributed by atoms with van der Waals surface area (Å²) in [6, 6.07) is 10.2. The molecule has 18 heavy (non-hydrogen) atoms. The fraction of sp³-hybridized carbons (Fsp3) is 0.533. The third kappa shape index (κ3) is 4.88. The van der Waals surface area contributed by atoms with Crippen LogP contribution in [0.1, 0.15) is 45.2 Å². The minimum atomic E-state index is 0.0741. The van der Waals surface area contributed by atoms with Crippen LogP contribution in [0.15, 0.2) is 30.3 Å². The van der Waals surface area contributed by atoms with Crippen molar-refractivity contribution < 1.29 is 4.79 Å². The number of nitrogens with one attached hydrogen (secondary N) is 1. The smallest absolute Gasteiger partial charge is 0.220 e. The molecule has 0 aliphatic carbocycles. The highest BCUT2D eigenvalue weighted by atomic mass is 16.1. The summed E-state index contributed by atoms with van der Waals surface area (Å²) < 4.78 is 0. The lowest BCUT2D eigenvalue weighted by atomic mass is 9.96. The van der Waals surface area contributed by atoms with Crippen LogP contribution in [0, 0.1) is 5.92 Å². The zero-order valence-electron chi connectivity index (χ0n) is 11.5. The molecule has 1 amide bonds. The first kappa shape index (κ1) is 14.7. The van der Waals surface area contributed by atoms with Crippen LogP contribution in [-0.2, 0) is 4.79 Å². The molecule has 3 heteroatoms. The van der Waals surface area contributed by atoms with Crippen LogP contribution in [0.5, 0.6) is 0 Å². The van der Waals surface area contributed by atoms with Crippen molar-refractivity contribution in [1.82, 2.24) is 5.32 Å². The Kier molecular flexibility index (Phi) is 5.86. The first-order valence-electron chi connectivity index (χ1n) is 6.60. The molecule has 0 aromatic heterocycles. The normalized spacial score (nSPS) is 14.3. The Morgan fingerprint density at radius 3 is 2.33 bits per heavy atom. The van der Waals surface area contributed by atoms with Crippen LogP contribution >= 0.6 is 0 Å². The SMILES string of the molecule is CC(N)CCC(=O)NC(c1ccccc1)C(C)C. The lowest BCUT2D eigenvalue weighted by molar-refractivity contribution is -0.122. The summed E-state index contributed by atoms with van der Waals surface area (Å²) in [4.78, 5) is 11.9. The van der Waals surface area contributed by atoms with Crippen molar-refractivity contribution in [3.05, 3.63) is 35.9 Å². The molecule has 0 bridgehead atoms. The lowest BCUT2D eigenvalue weighted by Crippen LogP contribution is -2.32. The second kappa shape index (κ2) is 7.17. The van der Waals surface area contributed by atoms with E-state index in [0.29, 0.717) is 12.3 Å². The molecular weight excluding hydrogens is 224 g/mol. The summed E-state index contributed by atoms with van der Waals surface area (Å²) in [5, 5.41) is 3.09. The third-order valence-corrected chi connectivity index (χ3v) is 2.97. The minimum absolute atomic E-state index is 0.0741. The molecular formula is C15H24N2O. The molecule has 1 rings (SSSR count). The molecule has 0 saturated heterocycles. The van der Waals surface area contributed by atoms with Crippen LogP contribution in [0.25, 0.3) is 0 Å². The summed E-state index contributed by atoms with van der Waals surface area (Å²) in [5.41, 5.74) is 6.82. The van der Waals surface area contributed by atoms with Gasteiger partial charge in [-0.3, -0.25) is 4.79 Å². The second-order valence-electron chi connectivity index (χ2n) is 5.22. The Labute approximate surface area is 110 Å². The van der Waals surface area contributed by atoms with Crippen molar-refractivity contribution in [2.24, 2.45) is 11.7 Å². The number of carbonyl (C=O) groups is 1. The van der Waals surface area contributed by atoms with Crippen molar-refractivity contribution in [3.63, 3.8) is 0 Å². The second-order valence-corrected chi connectivity index (χ2v) is 5.22. The number of hydrogen-bond donors (Lipinski definition) is 2. The van der Waals surface area contributed by atoms with Gasteiger partial charge in [0.1, 0.15) is 0 Å². The number of benzene rings is 1. The third-order valence-electron chi connectivity index (χ3n) is 2.97. The fourth-order valence-corrected chi connectivity index (χ4v) is 1.90. The van der Waals surface area contributed by atoms with Gasteiger partial charge in [-0.05, 0) is 24.8 Å². The van der Waals surface area contributed by atoms with E-state index in [1.807, 2.05) is 25.1 Å². The average Bonchev–Trinajstić information content (AvgIpc) is 2.34. The van der Waals surface area contributed by atoms with E-state index in [2.05, 4.69) is 31.3 Å². The van der Waals surface area contributed by atoms with E-state index in [4.69, 9.17) is 5.73 Å². The lowest BCUT2D eigenvalue weighted by Gasteiger charge is -2.23. The summed E-state index contributed by atoms with van der Waals surface area (Å²) in [7, 11) is 0. The van der Waals surface area contributed by atoms with Crippen molar-refractivity contribution in [3.8, 4) is 0 Å². The van der Waals surface area contributed by atoms with E-state index in [0.717, 1.165) is 12.0 Å². The van der Waals surface area contributed by atoms with Gasteiger partial charge in [-0.2, -0.15) is 0 Å². The Morgan fingerprint density at radius 2 is 1.83 bits per heavy atom. The van der Waals surface area contributed by atoms with Gasteiger partial charge >= 0.3 is 0 Å². The number of nitrogens with two attached hydrogens (primary N) is 1. The monoisotopic (exact) mass is 248 g/mol. The number of amides is 1. The highest BCUT2D eigenvalue weighted by Crippen LogP contribution is 2.21. The molecule has 0 heterocycles. The van der Waals surface area contributed by atoms with Crippen molar-refractivity contribution in [1.29, 1.82) is 0 Å². The predicted octanol–water partition coefficient (Wildman–Crippen LogP) is 2.63. The summed E-state index contributed by atoms with van der Waals surface area (Å²) >= 11 is 0. The van der Waals surface area contributed by atoms with Gasteiger partial charge in [-0.1, -0.05) is 44.2 Å². The summed E-state index contributed by atoms with van der Waals surface area (Å²) in [6.45, 7) is 6.15. The highest BCUT2D eigenvalue weighted by molar-refractivity contribution is 5.76. The van der Waals surface area contributed by atoms with Gasteiger partial charge < -0.3 is 11.1 Å². The number of hydrogen-bond acceptors (Lipinski definition) is 2. The average molecular weight is 248 g/mol. The van der Waals surface area contributed by atoms with E-state index < -0.39 is 0 Å². The molecule has 0 fully saturated rings. The van der Waals surface area contributed by atoms with Crippen LogP contribution < -0.4 is 11.1 Å². The first-order valence-corrected chi connectivity index (χ1v) is 6.60. The van der Waals surface area contributed by atoms with Gasteiger partial charge in [0.15, 0.2) is 0 Å². The van der Waals surface area contributed by atoms with Crippen LogP contribution in [-0.4, -0.2) is 11.9 Å². The standard InChI is InChI=1S/C15H24N2O/c1-11(2)15(13-7-5-4-6-8-13)17-14(18)10-9-12(3)16/h4-8,11-12,15H,9-10,16H2,1-3H3,(H,17,18). The van der Waals surface area contributed by atoms with Crippen molar-refractivity contribution >= 4 is 5.91 Å². The molecule has 0 aliphatic rings. The van der Waals surface area contributed by atoms with Gasteiger partial charge in [0.2, 0.25) is 5.91 Å². The topological polar surface area (TPSA) is 55.1 Å². The van der Waals surface area contributed by atoms with Crippen LogP contribution in [0.4, 0.5) is 0 Å². The maximum absolute atomic E-state index is 11.9. The molecule has 0 saturated carbocycles. The maximum atomic E-state index is 11.9. The molecule has 0 spiro atoms. The summed E-state index contributed by atoms with van der Waals surface area (Å²) in [5.74, 6) is 0.446. The molecule has 0 aliphatic heterocycles. The quantitative estimate of drug-likeness (QED) is 0.813. The Hall–Kier alpha value is -1.35. The number of rotatable bonds is 6. The first-order chi connectivity index (χ1) is 8.50. The van der Waals surface area contributed by atoms with Gasteiger partial charge in [-0.25, -0.2) is 0 Å². The van der Waals surface area contributed by atoms with Gasteiger partial charge in [0.25, 0.3) is 0 Å². The molecule has 0 radical (unpaired) electrons. The largest absolute Gasteiger partial charge is 0.349 e. The summed E-state index contributed by atoms with van der Waals surface area (Å²) in [6.07, 6.45) is 1.22. The molecule has 3 nitrogen and oxygen atoms in total. The van der Waals surface area contributed by atoms with Crippen molar-refractivity contribution in [2.45, 2.75) is 45.7 Å². The number of carbonyl (C=O) groups excluding carboxylic acids is 1. The molecule has 1 aromatic carbocycles. The Morgan fingerprint density at radius 1 is 1.22 bits per heavy atom. The van der Waals surface area contributed by atoms with Crippen LogP contribution in [0.2, 0.25) is 0 Å². The Bertz CT molecular complexity index is 360. The Balaban J connectivity index is 2.62. The zero-order chi connectivity index (χ0) is 13.5. The van der Waals surface area contributed by atoms with Crippen LogP contribution in [0.3, 0.4) is 0 Å².